The third-order valence-corrected chi connectivity index (χ3v) is 5.84. The summed E-state index contributed by atoms with van der Waals surface area (Å²) in [6.45, 7) is 3.05. The van der Waals surface area contributed by atoms with Gasteiger partial charge in [-0.05, 0) is 20.3 Å². The molecular weight excluding hydrogens is 316 g/mol. The van der Waals surface area contributed by atoms with Crippen molar-refractivity contribution in [1.29, 1.82) is 0 Å². The van der Waals surface area contributed by atoms with E-state index >= 15 is 0 Å². The molecule has 1 aromatic heterocycles. The molecule has 1 saturated heterocycles. The SMILES string of the molecule is Cc1nc(C)c(C(=O)OCC(=O)N[C@H]2CCS(=O)(=O)C2)s1. The third-order valence-electron chi connectivity index (χ3n) is 3.02. The Morgan fingerprint density at radius 1 is 1.43 bits per heavy atom. The number of ether oxygens (including phenoxy) is 1. The van der Waals surface area contributed by atoms with E-state index < -0.39 is 34.4 Å². The number of aromatic nitrogens is 1. The first kappa shape index (κ1) is 15.9. The summed E-state index contributed by atoms with van der Waals surface area (Å²) in [6.07, 6.45) is 0.398. The van der Waals surface area contributed by atoms with Gasteiger partial charge in [-0.1, -0.05) is 0 Å². The molecule has 1 aliphatic rings. The van der Waals surface area contributed by atoms with Gasteiger partial charge in [0.2, 0.25) is 0 Å². The Morgan fingerprint density at radius 3 is 2.67 bits per heavy atom. The molecule has 1 fully saturated rings. The molecule has 0 aromatic carbocycles. The lowest BCUT2D eigenvalue weighted by Gasteiger charge is -2.10. The molecule has 7 nitrogen and oxygen atoms in total. The van der Waals surface area contributed by atoms with Crippen molar-refractivity contribution in [2.75, 3.05) is 18.1 Å². The van der Waals surface area contributed by atoms with Crippen LogP contribution in [0.15, 0.2) is 0 Å². The number of nitrogens with zero attached hydrogens (tertiary/aromatic N) is 1. The van der Waals surface area contributed by atoms with Crippen LogP contribution >= 0.6 is 11.3 Å². The maximum absolute atomic E-state index is 11.8. The van der Waals surface area contributed by atoms with Crippen LogP contribution in [0, 0.1) is 13.8 Å². The lowest BCUT2D eigenvalue weighted by atomic mass is 10.2. The highest BCUT2D eigenvalue weighted by Gasteiger charge is 2.29. The van der Waals surface area contributed by atoms with E-state index in [1.54, 1.807) is 13.8 Å². The highest BCUT2D eigenvalue weighted by molar-refractivity contribution is 7.91. The minimum atomic E-state index is -3.05. The standard InChI is InChI=1S/C12H16N2O5S2/c1-7-11(20-8(2)13-7)12(16)19-5-10(15)14-9-3-4-21(17,18)6-9/h9H,3-6H2,1-2H3,(H,14,15)/t9-/m0/s1. The minimum Gasteiger partial charge on any atom is -0.451 e. The average Bonchev–Trinajstić information content (AvgIpc) is 2.88. The maximum Gasteiger partial charge on any atom is 0.350 e. The molecule has 1 aromatic rings. The molecule has 0 spiro atoms. The van der Waals surface area contributed by atoms with Gasteiger partial charge in [0.25, 0.3) is 5.91 Å². The van der Waals surface area contributed by atoms with E-state index in [-0.39, 0.29) is 11.5 Å². The van der Waals surface area contributed by atoms with Crippen molar-refractivity contribution in [1.82, 2.24) is 10.3 Å². The van der Waals surface area contributed by atoms with Gasteiger partial charge < -0.3 is 10.1 Å². The van der Waals surface area contributed by atoms with Crippen molar-refractivity contribution in [2.45, 2.75) is 26.3 Å². The summed E-state index contributed by atoms with van der Waals surface area (Å²) in [7, 11) is -3.05. The summed E-state index contributed by atoms with van der Waals surface area (Å²) >= 11 is 1.21. The Kier molecular flexibility index (Phi) is 4.62. The lowest BCUT2D eigenvalue weighted by molar-refractivity contribution is -0.124. The van der Waals surface area contributed by atoms with Gasteiger partial charge in [0.05, 0.1) is 22.2 Å². The molecule has 21 heavy (non-hydrogen) atoms. The van der Waals surface area contributed by atoms with E-state index in [1.807, 2.05) is 0 Å². The van der Waals surface area contributed by atoms with Crippen LogP contribution in [0.2, 0.25) is 0 Å². The Morgan fingerprint density at radius 2 is 2.14 bits per heavy atom. The zero-order valence-electron chi connectivity index (χ0n) is 11.7. The molecule has 1 aliphatic heterocycles. The predicted molar refractivity (Wildman–Crippen MR) is 77.1 cm³/mol. The molecule has 116 valence electrons. The number of carbonyl (C=O) groups is 2. The van der Waals surface area contributed by atoms with E-state index in [9.17, 15) is 18.0 Å². The number of nitrogens with one attached hydrogen (secondary N) is 1. The predicted octanol–water partition coefficient (Wildman–Crippen LogP) is 0.220. The number of esters is 1. The molecule has 9 heteroatoms. The van der Waals surface area contributed by atoms with Gasteiger partial charge in [-0.3, -0.25) is 4.79 Å². The molecular formula is C12H16N2O5S2. The summed E-state index contributed by atoms with van der Waals surface area (Å²) < 4.78 is 27.5. The highest BCUT2D eigenvalue weighted by atomic mass is 32.2. The van der Waals surface area contributed by atoms with Crippen LogP contribution in [-0.2, 0) is 19.4 Å². The molecule has 1 N–H and O–H groups in total. The quantitative estimate of drug-likeness (QED) is 0.791. The fourth-order valence-corrected chi connectivity index (χ4v) is 4.58. The zero-order valence-corrected chi connectivity index (χ0v) is 13.3. The topological polar surface area (TPSA) is 102 Å². The largest absolute Gasteiger partial charge is 0.451 e. The van der Waals surface area contributed by atoms with Gasteiger partial charge in [0.1, 0.15) is 4.88 Å². The summed E-state index contributed by atoms with van der Waals surface area (Å²) in [5.74, 6) is -1.06. The summed E-state index contributed by atoms with van der Waals surface area (Å²) in [4.78, 5) is 27.9. The van der Waals surface area contributed by atoms with Crippen molar-refractivity contribution in [2.24, 2.45) is 0 Å². The number of amides is 1. The van der Waals surface area contributed by atoms with Crippen LogP contribution in [0.5, 0.6) is 0 Å². The van der Waals surface area contributed by atoms with Crippen LogP contribution in [0.3, 0.4) is 0 Å². The van der Waals surface area contributed by atoms with Gasteiger partial charge in [-0.2, -0.15) is 0 Å². The van der Waals surface area contributed by atoms with Crippen molar-refractivity contribution < 1.29 is 22.7 Å². The zero-order chi connectivity index (χ0) is 15.6. The van der Waals surface area contributed by atoms with E-state index in [4.69, 9.17) is 4.74 Å². The Balaban J connectivity index is 1.82. The average molecular weight is 332 g/mol. The second-order valence-electron chi connectivity index (χ2n) is 4.89. The van der Waals surface area contributed by atoms with Crippen LogP contribution in [0.25, 0.3) is 0 Å². The summed E-state index contributed by atoms with van der Waals surface area (Å²) in [5, 5.41) is 3.30. The Bertz CT molecular complexity index is 665. The number of thiazole rings is 1. The number of hydrogen-bond acceptors (Lipinski definition) is 7. The Labute approximate surface area is 126 Å². The van der Waals surface area contributed by atoms with Crippen molar-refractivity contribution >= 4 is 33.1 Å². The molecule has 1 atom stereocenters. The van der Waals surface area contributed by atoms with E-state index in [0.717, 1.165) is 5.01 Å². The molecule has 0 bridgehead atoms. The maximum atomic E-state index is 11.8. The summed E-state index contributed by atoms with van der Waals surface area (Å²) in [6, 6.07) is -0.395. The molecule has 0 aliphatic carbocycles. The highest BCUT2D eigenvalue weighted by Crippen LogP contribution is 2.18. The smallest absolute Gasteiger partial charge is 0.350 e. The second kappa shape index (κ2) is 6.10. The fourth-order valence-electron chi connectivity index (χ4n) is 2.10. The van der Waals surface area contributed by atoms with Gasteiger partial charge in [0.15, 0.2) is 16.4 Å². The first-order chi connectivity index (χ1) is 9.77. The number of hydrogen-bond donors (Lipinski definition) is 1. The lowest BCUT2D eigenvalue weighted by Crippen LogP contribution is -2.38. The van der Waals surface area contributed by atoms with E-state index in [0.29, 0.717) is 17.0 Å². The van der Waals surface area contributed by atoms with Gasteiger partial charge >= 0.3 is 5.97 Å². The van der Waals surface area contributed by atoms with Crippen molar-refractivity contribution in [3.05, 3.63) is 15.6 Å². The first-order valence-electron chi connectivity index (χ1n) is 6.38. The van der Waals surface area contributed by atoms with Crippen LogP contribution in [-0.4, -0.2) is 49.4 Å². The molecule has 0 unspecified atom stereocenters. The van der Waals surface area contributed by atoms with Gasteiger partial charge in [0, 0.05) is 6.04 Å². The Hall–Kier alpha value is -1.48. The minimum absolute atomic E-state index is 0.0557. The van der Waals surface area contributed by atoms with Crippen molar-refractivity contribution in [3.8, 4) is 0 Å². The van der Waals surface area contributed by atoms with Crippen LogP contribution in [0.1, 0.15) is 26.8 Å². The van der Waals surface area contributed by atoms with Crippen molar-refractivity contribution in [3.63, 3.8) is 0 Å². The van der Waals surface area contributed by atoms with Gasteiger partial charge in [-0.25, -0.2) is 18.2 Å². The summed E-state index contributed by atoms with van der Waals surface area (Å²) in [5.41, 5.74) is 0.574. The number of rotatable bonds is 4. The molecule has 2 rings (SSSR count). The normalized spacial score (nSPS) is 20.2. The third kappa shape index (κ3) is 4.24. The number of carbonyl (C=O) groups excluding carboxylic acids is 2. The molecule has 1 amide bonds. The number of sulfone groups is 1. The molecule has 0 radical (unpaired) electrons. The fraction of sp³-hybridized carbons (Fsp3) is 0.583. The number of aryl methyl sites for hydroxylation is 2. The van der Waals surface area contributed by atoms with Crippen LogP contribution < -0.4 is 5.32 Å². The van der Waals surface area contributed by atoms with Crippen LogP contribution in [0.4, 0.5) is 0 Å². The second-order valence-corrected chi connectivity index (χ2v) is 8.32. The first-order valence-corrected chi connectivity index (χ1v) is 9.01. The monoisotopic (exact) mass is 332 g/mol. The molecule has 0 saturated carbocycles. The van der Waals surface area contributed by atoms with E-state index in [2.05, 4.69) is 10.3 Å². The molecule has 2 heterocycles. The van der Waals surface area contributed by atoms with Gasteiger partial charge in [-0.15, -0.1) is 11.3 Å². The van der Waals surface area contributed by atoms with E-state index in [1.165, 1.54) is 11.3 Å².